The van der Waals surface area contributed by atoms with Crippen molar-refractivity contribution in [3.63, 3.8) is 0 Å². The van der Waals surface area contributed by atoms with Crippen molar-refractivity contribution in [2.45, 2.75) is 4.90 Å². The Kier molecular flexibility index (Phi) is 6.09. The fourth-order valence-corrected chi connectivity index (χ4v) is 4.30. The molecule has 0 saturated carbocycles. The number of carbonyl (C=O) groups excluding carboxylic acids is 1. The molecule has 29 heavy (non-hydrogen) atoms. The average Bonchev–Trinajstić information content (AvgIpc) is 2.69. The van der Waals surface area contributed by atoms with E-state index in [4.69, 9.17) is 28.5 Å². The van der Waals surface area contributed by atoms with Gasteiger partial charge in [-0.15, -0.1) is 0 Å². The maximum absolute atomic E-state index is 12.6. The van der Waals surface area contributed by atoms with Crippen molar-refractivity contribution >= 4 is 50.5 Å². The van der Waals surface area contributed by atoms with E-state index in [9.17, 15) is 13.2 Å². The van der Waals surface area contributed by atoms with E-state index in [0.29, 0.717) is 11.3 Å². The largest absolute Gasteiger partial charge is 0.322 e. The lowest BCUT2D eigenvalue weighted by atomic mass is 10.1. The van der Waals surface area contributed by atoms with Crippen LogP contribution in [-0.4, -0.2) is 14.3 Å². The van der Waals surface area contributed by atoms with Crippen LogP contribution in [0.15, 0.2) is 71.6 Å². The normalized spacial score (nSPS) is 10.8. The maximum Gasteiger partial charge on any atom is 0.263 e. The third-order valence-corrected chi connectivity index (χ3v) is 5.91. The lowest BCUT2D eigenvalue weighted by Gasteiger charge is -2.11. The van der Waals surface area contributed by atoms with Crippen LogP contribution < -0.4 is 10.0 Å². The molecule has 0 spiro atoms. The fraction of sp³-hybridized carbons (Fsp3) is 0. The zero-order valence-electron chi connectivity index (χ0n) is 14.7. The second kappa shape index (κ2) is 8.53. The lowest BCUT2D eigenvalue weighted by molar-refractivity contribution is 0.102. The molecular formula is C20H13Cl2N3O3S. The number of halogens is 2. The van der Waals surface area contributed by atoms with Crippen LogP contribution in [0.4, 0.5) is 11.4 Å². The average molecular weight is 446 g/mol. The summed E-state index contributed by atoms with van der Waals surface area (Å²) in [6.07, 6.45) is 0. The third kappa shape index (κ3) is 5.06. The predicted molar refractivity (Wildman–Crippen MR) is 113 cm³/mol. The number of amides is 1. The number of hydrogen-bond acceptors (Lipinski definition) is 4. The summed E-state index contributed by atoms with van der Waals surface area (Å²) >= 11 is 11.8. The van der Waals surface area contributed by atoms with Gasteiger partial charge >= 0.3 is 0 Å². The second-order valence-electron chi connectivity index (χ2n) is 5.91. The molecule has 2 N–H and O–H groups in total. The number of nitrogens with one attached hydrogen (secondary N) is 2. The van der Waals surface area contributed by atoms with Gasteiger partial charge < -0.3 is 5.32 Å². The summed E-state index contributed by atoms with van der Waals surface area (Å²) in [6.45, 7) is 0. The van der Waals surface area contributed by atoms with Gasteiger partial charge in [0.1, 0.15) is 4.90 Å². The molecule has 0 aromatic heterocycles. The monoisotopic (exact) mass is 445 g/mol. The van der Waals surface area contributed by atoms with Crippen LogP contribution in [0.3, 0.4) is 0 Å². The van der Waals surface area contributed by atoms with E-state index in [0.717, 1.165) is 0 Å². The molecule has 3 aromatic rings. The van der Waals surface area contributed by atoms with E-state index in [1.807, 2.05) is 6.07 Å². The third-order valence-electron chi connectivity index (χ3n) is 3.81. The van der Waals surface area contributed by atoms with Gasteiger partial charge in [-0.3, -0.25) is 9.52 Å². The van der Waals surface area contributed by atoms with E-state index in [-0.39, 0.29) is 26.2 Å². The number of anilines is 2. The number of rotatable bonds is 5. The van der Waals surface area contributed by atoms with Gasteiger partial charge in [-0.1, -0.05) is 35.3 Å². The summed E-state index contributed by atoms with van der Waals surface area (Å²) in [7, 11) is -4.01. The van der Waals surface area contributed by atoms with E-state index in [1.54, 1.807) is 18.2 Å². The molecule has 6 nitrogen and oxygen atoms in total. The predicted octanol–water partition coefficient (Wildman–Crippen LogP) is 4.92. The number of carbonyl (C=O) groups is 1. The molecule has 0 unspecified atom stereocenters. The number of benzene rings is 3. The van der Waals surface area contributed by atoms with E-state index < -0.39 is 15.9 Å². The standard InChI is InChI=1S/C20H13Cl2N3O3S/c21-15-7-8-18(22)19(11-15)29(27,28)25-17-6-2-4-14(10-17)20(26)24-16-5-1-3-13(9-16)12-23/h1-11,25H,(H,24,26). The van der Waals surface area contributed by atoms with Crippen molar-refractivity contribution in [3.05, 3.63) is 87.9 Å². The Morgan fingerprint density at radius 3 is 2.41 bits per heavy atom. The minimum atomic E-state index is -4.01. The SMILES string of the molecule is N#Cc1cccc(NC(=O)c2cccc(NS(=O)(=O)c3cc(Cl)ccc3Cl)c2)c1. The van der Waals surface area contributed by atoms with Crippen molar-refractivity contribution in [1.29, 1.82) is 5.26 Å². The summed E-state index contributed by atoms with van der Waals surface area (Å²) in [5.74, 6) is -0.457. The highest BCUT2D eigenvalue weighted by atomic mass is 35.5. The molecule has 0 atom stereocenters. The zero-order chi connectivity index (χ0) is 21.0. The van der Waals surface area contributed by atoms with Gasteiger partial charge in [0.15, 0.2) is 0 Å². The molecule has 0 heterocycles. The lowest BCUT2D eigenvalue weighted by Crippen LogP contribution is -2.15. The first-order valence-electron chi connectivity index (χ1n) is 8.18. The highest BCUT2D eigenvalue weighted by molar-refractivity contribution is 7.92. The quantitative estimate of drug-likeness (QED) is 0.581. The molecular weight excluding hydrogens is 433 g/mol. The Balaban J connectivity index is 1.83. The van der Waals surface area contributed by atoms with Crippen molar-refractivity contribution in [3.8, 4) is 6.07 Å². The summed E-state index contributed by atoms with van der Waals surface area (Å²) in [4.78, 5) is 12.3. The van der Waals surface area contributed by atoms with Gasteiger partial charge in [0, 0.05) is 22.0 Å². The molecule has 0 aliphatic heterocycles. The molecule has 0 bridgehead atoms. The van der Waals surface area contributed by atoms with Gasteiger partial charge in [-0.05, 0) is 54.6 Å². The number of sulfonamides is 1. The highest BCUT2D eigenvalue weighted by Gasteiger charge is 2.19. The van der Waals surface area contributed by atoms with E-state index >= 15 is 0 Å². The highest BCUT2D eigenvalue weighted by Crippen LogP contribution is 2.27. The van der Waals surface area contributed by atoms with Gasteiger partial charge in [0.05, 0.1) is 16.7 Å². The summed E-state index contributed by atoms with van der Waals surface area (Å²) in [6, 6.07) is 18.5. The van der Waals surface area contributed by atoms with Crippen LogP contribution in [-0.2, 0) is 10.0 Å². The fourth-order valence-electron chi connectivity index (χ4n) is 2.49. The zero-order valence-corrected chi connectivity index (χ0v) is 17.0. The minimum Gasteiger partial charge on any atom is -0.322 e. The topological polar surface area (TPSA) is 99.1 Å². The Morgan fingerprint density at radius 2 is 1.66 bits per heavy atom. The molecule has 0 aliphatic carbocycles. The van der Waals surface area contributed by atoms with Crippen LogP contribution in [0.5, 0.6) is 0 Å². The molecule has 0 saturated heterocycles. The Bertz CT molecular complexity index is 1240. The molecule has 146 valence electrons. The first kappa shape index (κ1) is 20.7. The summed E-state index contributed by atoms with van der Waals surface area (Å²) in [5, 5.41) is 11.9. The Labute approximate surface area is 177 Å². The van der Waals surface area contributed by atoms with Gasteiger partial charge in [0.2, 0.25) is 0 Å². The Hall–Kier alpha value is -3.05. The molecule has 0 fully saturated rings. The maximum atomic E-state index is 12.6. The minimum absolute atomic E-state index is 0.0215. The van der Waals surface area contributed by atoms with Crippen LogP contribution >= 0.6 is 23.2 Å². The van der Waals surface area contributed by atoms with Gasteiger partial charge in [-0.2, -0.15) is 5.26 Å². The second-order valence-corrected chi connectivity index (χ2v) is 8.40. The molecule has 9 heteroatoms. The molecule has 0 radical (unpaired) electrons. The number of nitrogens with zero attached hydrogens (tertiary/aromatic N) is 1. The van der Waals surface area contributed by atoms with Crippen molar-refractivity contribution in [2.24, 2.45) is 0 Å². The van der Waals surface area contributed by atoms with Crippen LogP contribution in [0.1, 0.15) is 15.9 Å². The summed E-state index contributed by atoms with van der Waals surface area (Å²) < 4.78 is 27.7. The van der Waals surface area contributed by atoms with Gasteiger partial charge in [-0.25, -0.2) is 8.42 Å². The van der Waals surface area contributed by atoms with Crippen LogP contribution in [0.25, 0.3) is 0 Å². The summed E-state index contributed by atoms with van der Waals surface area (Å²) in [5.41, 5.74) is 1.26. The molecule has 3 aromatic carbocycles. The molecule has 3 rings (SSSR count). The van der Waals surface area contributed by atoms with Crippen LogP contribution in [0, 0.1) is 11.3 Å². The van der Waals surface area contributed by atoms with Gasteiger partial charge in [0.25, 0.3) is 15.9 Å². The van der Waals surface area contributed by atoms with Crippen molar-refractivity contribution in [2.75, 3.05) is 10.0 Å². The number of hydrogen-bond donors (Lipinski definition) is 2. The van der Waals surface area contributed by atoms with E-state index in [2.05, 4.69) is 10.0 Å². The van der Waals surface area contributed by atoms with Crippen LogP contribution in [0.2, 0.25) is 10.0 Å². The number of nitriles is 1. The first-order valence-corrected chi connectivity index (χ1v) is 10.4. The first-order chi connectivity index (χ1) is 13.8. The van der Waals surface area contributed by atoms with Crippen molar-refractivity contribution < 1.29 is 13.2 Å². The molecule has 1 amide bonds. The van der Waals surface area contributed by atoms with E-state index in [1.165, 1.54) is 48.5 Å². The Morgan fingerprint density at radius 1 is 0.931 bits per heavy atom. The van der Waals surface area contributed by atoms with Crippen molar-refractivity contribution in [1.82, 2.24) is 0 Å². The molecule has 0 aliphatic rings. The smallest absolute Gasteiger partial charge is 0.263 e.